The standard InChI is InChI=1S/C11H13ClN4/c1-3-4-16-7-9(6-13-16)11-14-8(2)5-10(12)15-11/h5-7H,3-4H2,1-2H3. The van der Waals surface area contributed by atoms with E-state index in [2.05, 4.69) is 22.0 Å². The van der Waals surface area contributed by atoms with Gasteiger partial charge < -0.3 is 0 Å². The third-order valence-corrected chi connectivity index (χ3v) is 2.36. The van der Waals surface area contributed by atoms with Crippen LogP contribution in [0.4, 0.5) is 0 Å². The van der Waals surface area contributed by atoms with Crippen molar-refractivity contribution in [3.05, 3.63) is 29.3 Å². The lowest BCUT2D eigenvalue weighted by molar-refractivity contribution is 0.603. The van der Waals surface area contributed by atoms with E-state index in [1.165, 1.54) is 0 Å². The lowest BCUT2D eigenvalue weighted by Gasteiger charge is -1.99. The molecule has 0 spiro atoms. The number of rotatable bonds is 3. The summed E-state index contributed by atoms with van der Waals surface area (Å²) in [6.45, 7) is 4.91. The van der Waals surface area contributed by atoms with Gasteiger partial charge in [-0.05, 0) is 19.4 Å². The SMILES string of the molecule is CCCn1cc(-c2nc(C)cc(Cl)n2)cn1. The van der Waals surface area contributed by atoms with E-state index >= 15 is 0 Å². The number of hydrogen-bond donors (Lipinski definition) is 0. The monoisotopic (exact) mass is 236 g/mol. The maximum atomic E-state index is 5.89. The molecule has 0 saturated carbocycles. The molecule has 2 rings (SSSR count). The first-order chi connectivity index (χ1) is 7.69. The van der Waals surface area contributed by atoms with Crippen LogP contribution in [0.15, 0.2) is 18.5 Å². The largest absolute Gasteiger partial charge is 0.272 e. The van der Waals surface area contributed by atoms with Crippen molar-refractivity contribution in [1.29, 1.82) is 0 Å². The smallest absolute Gasteiger partial charge is 0.164 e. The molecule has 0 unspecified atom stereocenters. The van der Waals surface area contributed by atoms with E-state index in [4.69, 9.17) is 11.6 Å². The van der Waals surface area contributed by atoms with Crippen LogP contribution in [0, 0.1) is 6.92 Å². The molecule has 0 aliphatic rings. The van der Waals surface area contributed by atoms with Gasteiger partial charge in [-0.15, -0.1) is 0 Å². The van der Waals surface area contributed by atoms with Crippen LogP contribution in [-0.4, -0.2) is 19.7 Å². The van der Waals surface area contributed by atoms with Crippen LogP contribution in [0.1, 0.15) is 19.0 Å². The summed E-state index contributed by atoms with van der Waals surface area (Å²) >= 11 is 5.89. The Balaban J connectivity index is 2.34. The molecule has 0 N–H and O–H groups in total. The molecule has 0 aliphatic carbocycles. The van der Waals surface area contributed by atoms with Crippen LogP contribution < -0.4 is 0 Å². The van der Waals surface area contributed by atoms with Crippen LogP contribution in [0.2, 0.25) is 5.15 Å². The highest BCUT2D eigenvalue weighted by atomic mass is 35.5. The fourth-order valence-corrected chi connectivity index (χ4v) is 1.73. The zero-order chi connectivity index (χ0) is 11.5. The number of hydrogen-bond acceptors (Lipinski definition) is 3. The van der Waals surface area contributed by atoms with E-state index in [9.17, 15) is 0 Å². The molecule has 2 aromatic rings. The summed E-state index contributed by atoms with van der Waals surface area (Å²) in [5.74, 6) is 0.632. The van der Waals surface area contributed by atoms with Crippen LogP contribution in [0.3, 0.4) is 0 Å². The molecule has 0 aliphatic heterocycles. The van der Waals surface area contributed by atoms with Gasteiger partial charge in [-0.1, -0.05) is 18.5 Å². The molecule has 0 aromatic carbocycles. The molecular weight excluding hydrogens is 224 g/mol. The molecule has 5 heteroatoms. The van der Waals surface area contributed by atoms with Gasteiger partial charge in [0.25, 0.3) is 0 Å². The van der Waals surface area contributed by atoms with E-state index in [0.29, 0.717) is 11.0 Å². The van der Waals surface area contributed by atoms with Crippen molar-refractivity contribution < 1.29 is 0 Å². The maximum absolute atomic E-state index is 5.89. The van der Waals surface area contributed by atoms with E-state index in [0.717, 1.165) is 24.2 Å². The van der Waals surface area contributed by atoms with Crippen molar-refractivity contribution in [1.82, 2.24) is 19.7 Å². The topological polar surface area (TPSA) is 43.6 Å². The van der Waals surface area contributed by atoms with Crippen LogP contribution in [-0.2, 0) is 6.54 Å². The molecule has 0 atom stereocenters. The van der Waals surface area contributed by atoms with Gasteiger partial charge in [0.15, 0.2) is 5.82 Å². The molecule has 0 saturated heterocycles. The molecule has 16 heavy (non-hydrogen) atoms. The summed E-state index contributed by atoms with van der Waals surface area (Å²) in [5, 5.41) is 4.70. The second-order valence-corrected chi connectivity index (χ2v) is 4.03. The number of nitrogens with zero attached hydrogens (tertiary/aromatic N) is 4. The van der Waals surface area contributed by atoms with Gasteiger partial charge in [0.05, 0.1) is 11.8 Å². The van der Waals surface area contributed by atoms with Crippen molar-refractivity contribution in [3.63, 3.8) is 0 Å². The van der Waals surface area contributed by atoms with Gasteiger partial charge in [-0.3, -0.25) is 4.68 Å². The number of aryl methyl sites for hydroxylation is 2. The summed E-state index contributed by atoms with van der Waals surface area (Å²) in [6.07, 6.45) is 4.76. The van der Waals surface area contributed by atoms with Crippen molar-refractivity contribution >= 4 is 11.6 Å². The summed E-state index contributed by atoms with van der Waals surface area (Å²) in [7, 11) is 0. The molecule has 0 bridgehead atoms. The summed E-state index contributed by atoms with van der Waals surface area (Å²) < 4.78 is 1.88. The van der Waals surface area contributed by atoms with Crippen LogP contribution >= 0.6 is 11.6 Å². The van der Waals surface area contributed by atoms with E-state index in [1.54, 1.807) is 12.3 Å². The average Bonchev–Trinajstić information content (AvgIpc) is 2.65. The highest BCUT2D eigenvalue weighted by Crippen LogP contribution is 2.17. The van der Waals surface area contributed by atoms with E-state index in [-0.39, 0.29) is 0 Å². The second kappa shape index (κ2) is 4.61. The Labute approximate surface area is 99.3 Å². The minimum atomic E-state index is 0.464. The zero-order valence-corrected chi connectivity index (χ0v) is 10.1. The van der Waals surface area contributed by atoms with Gasteiger partial charge in [0.1, 0.15) is 5.15 Å². The fraction of sp³-hybridized carbons (Fsp3) is 0.364. The lowest BCUT2D eigenvalue weighted by atomic mass is 10.3. The van der Waals surface area contributed by atoms with E-state index < -0.39 is 0 Å². The summed E-state index contributed by atoms with van der Waals surface area (Å²) in [4.78, 5) is 8.51. The zero-order valence-electron chi connectivity index (χ0n) is 9.31. The highest BCUT2D eigenvalue weighted by Gasteiger charge is 2.06. The molecule has 2 heterocycles. The molecule has 0 fully saturated rings. The Morgan fingerprint density at radius 3 is 2.88 bits per heavy atom. The maximum Gasteiger partial charge on any atom is 0.164 e. The molecule has 2 aromatic heterocycles. The number of aromatic nitrogens is 4. The van der Waals surface area contributed by atoms with Crippen molar-refractivity contribution in [2.45, 2.75) is 26.8 Å². The molecular formula is C11H13ClN4. The highest BCUT2D eigenvalue weighted by molar-refractivity contribution is 6.29. The molecule has 84 valence electrons. The van der Waals surface area contributed by atoms with Crippen molar-refractivity contribution in [2.75, 3.05) is 0 Å². The predicted octanol–water partition coefficient (Wildman–Crippen LogP) is 2.71. The summed E-state index contributed by atoms with van der Waals surface area (Å²) in [5.41, 5.74) is 1.76. The van der Waals surface area contributed by atoms with Crippen LogP contribution in [0.5, 0.6) is 0 Å². The Morgan fingerprint density at radius 2 is 2.19 bits per heavy atom. The minimum absolute atomic E-state index is 0.464. The Kier molecular flexibility index (Phi) is 3.19. The quantitative estimate of drug-likeness (QED) is 0.770. The van der Waals surface area contributed by atoms with Crippen molar-refractivity contribution in [3.8, 4) is 11.4 Å². The van der Waals surface area contributed by atoms with Crippen LogP contribution in [0.25, 0.3) is 11.4 Å². The third kappa shape index (κ3) is 2.39. The first-order valence-corrected chi connectivity index (χ1v) is 5.61. The number of halogens is 1. The Hall–Kier alpha value is -1.42. The first kappa shape index (κ1) is 11.1. The minimum Gasteiger partial charge on any atom is -0.272 e. The summed E-state index contributed by atoms with van der Waals surface area (Å²) in [6, 6.07) is 1.74. The predicted molar refractivity (Wildman–Crippen MR) is 63.3 cm³/mol. The molecule has 4 nitrogen and oxygen atoms in total. The third-order valence-electron chi connectivity index (χ3n) is 2.17. The van der Waals surface area contributed by atoms with E-state index in [1.807, 2.05) is 17.8 Å². The second-order valence-electron chi connectivity index (χ2n) is 3.65. The van der Waals surface area contributed by atoms with Crippen molar-refractivity contribution in [2.24, 2.45) is 0 Å². The van der Waals surface area contributed by atoms with Gasteiger partial charge in [0, 0.05) is 18.4 Å². The van der Waals surface area contributed by atoms with Gasteiger partial charge in [0.2, 0.25) is 0 Å². The Bertz CT molecular complexity index is 472. The average molecular weight is 237 g/mol. The first-order valence-electron chi connectivity index (χ1n) is 5.23. The Morgan fingerprint density at radius 1 is 1.38 bits per heavy atom. The normalized spacial score (nSPS) is 10.7. The lowest BCUT2D eigenvalue weighted by Crippen LogP contribution is -1.95. The van der Waals surface area contributed by atoms with Gasteiger partial charge >= 0.3 is 0 Å². The van der Waals surface area contributed by atoms with Gasteiger partial charge in [-0.2, -0.15) is 5.10 Å². The molecule has 0 amide bonds. The fourth-order valence-electron chi connectivity index (χ4n) is 1.49. The molecule has 0 radical (unpaired) electrons. The van der Waals surface area contributed by atoms with Gasteiger partial charge in [-0.25, -0.2) is 9.97 Å².